The zero-order chi connectivity index (χ0) is 52.4. The monoisotopic (exact) mass is 1020 g/mol. The van der Waals surface area contributed by atoms with Gasteiger partial charge < -0.3 is 45.1 Å². The number of amides is 1. The summed E-state index contributed by atoms with van der Waals surface area (Å²) in [6.07, 6.45) is 52.4. The van der Waals surface area contributed by atoms with Crippen LogP contribution in [0.5, 0.6) is 0 Å². The summed E-state index contributed by atoms with van der Waals surface area (Å²) >= 11 is 0. The Morgan fingerprint density at radius 2 is 0.903 bits per heavy atom. The maximum Gasteiger partial charge on any atom is 0.305 e. The molecule has 1 rings (SSSR count). The lowest BCUT2D eigenvalue weighted by Crippen LogP contribution is -2.60. The van der Waals surface area contributed by atoms with Crippen molar-refractivity contribution < 1.29 is 49.3 Å². The molecular formula is C61H113NO10. The molecule has 1 aliphatic heterocycles. The second kappa shape index (κ2) is 51.0. The van der Waals surface area contributed by atoms with E-state index in [2.05, 4.69) is 43.5 Å². The molecule has 7 atom stereocenters. The maximum atomic E-state index is 13.0. The van der Waals surface area contributed by atoms with Gasteiger partial charge in [0, 0.05) is 12.8 Å². The number of rotatable bonds is 52. The van der Waals surface area contributed by atoms with E-state index in [1.54, 1.807) is 6.08 Å². The SMILES string of the molecule is CCCC/C=C/CC/C=C/CC/C=C/C(O)C(COC1OC(CO)C(O)C(O)C1O)NC(=O)CCCCCCCCCCCCCCCCCCCCCCCOC(=O)CCCCCCCCCCCCC. The first kappa shape index (κ1) is 67.9. The summed E-state index contributed by atoms with van der Waals surface area (Å²) in [7, 11) is 0. The number of nitrogens with one attached hydrogen (secondary N) is 1. The molecule has 0 spiro atoms. The summed E-state index contributed by atoms with van der Waals surface area (Å²) in [5, 5.41) is 54.3. The van der Waals surface area contributed by atoms with E-state index < -0.39 is 49.5 Å². The Hall–Kier alpha value is -2.12. The summed E-state index contributed by atoms with van der Waals surface area (Å²) in [4.78, 5) is 25.0. The van der Waals surface area contributed by atoms with Gasteiger partial charge in [-0.05, 0) is 51.4 Å². The Morgan fingerprint density at radius 1 is 0.500 bits per heavy atom. The highest BCUT2D eigenvalue weighted by Crippen LogP contribution is 2.23. The van der Waals surface area contributed by atoms with Crippen LogP contribution in [0.4, 0.5) is 0 Å². The predicted molar refractivity (Wildman–Crippen MR) is 297 cm³/mol. The minimum absolute atomic E-state index is 0.00248. The third-order valence-electron chi connectivity index (χ3n) is 14.2. The molecule has 0 aromatic carbocycles. The Morgan fingerprint density at radius 3 is 1.36 bits per heavy atom. The van der Waals surface area contributed by atoms with Gasteiger partial charge in [-0.25, -0.2) is 0 Å². The molecule has 11 heteroatoms. The van der Waals surface area contributed by atoms with Gasteiger partial charge in [-0.1, -0.05) is 249 Å². The zero-order valence-corrected chi connectivity index (χ0v) is 46.4. The van der Waals surface area contributed by atoms with Crippen molar-refractivity contribution in [1.29, 1.82) is 0 Å². The number of ether oxygens (including phenoxy) is 3. The second-order valence-electron chi connectivity index (χ2n) is 21.0. The summed E-state index contributed by atoms with van der Waals surface area (Å²) in [6, 6.07) is -0.835. The fourth-order valence-electron chi connectivity index (χ4n) is 9.39. The van der Waals surface area contributed by atoms with Gasteiger partial charge in [-0.3, -0.25) is 9.59 Å². The Balaban J connectivity index is 2.06. The van der Waals surface area contributed by atoms with Gasteiger partial charge in [0.1, 0.15) is 24.4 Å². The highest BCUT2D eigenvalue weighted by Gasteiger charge is 2.44. The highest BCUT2D eigenvalue weighted by molar-refractivity contribution is 5.76. The third kappa shape index (κ3) is 40.2. The largest absolute Gasteiger partial charge is 0.466 e. The highest BCUT2D eigenvalue weighted by atomic mass is 16.7. The number of unbranched alkanes of at least 4 members (excludes halogenated alkanes) is 34. The molecule has 11 nitrogen and oxygen atoms in total. The van der Waals surface area contributed by atoms with E-state index in [1.807, 2.05) is 6.08 Å². The van der Waals surface area contributed by atoms with Crippen LogP contribution in [0.1, 0.15) is 277 Å². The van der Waals surface area contributed by atoms with Crippen LogP contribution in [-0.4, -0.2) is 100 Å². The molecule has 6 N–H and O–H groups in total. The van der Waals surface area contributed by atoms with Crippen molar-refractivity contribution in [3.05, 3.63) is 36.5 Å². The van der Waals surface area contributed by atoms with E-state index in [-0.39, 0.29) is 18.5 Å². The molecular weight excluding hydrogens is 907 g/mol. The summed E-state index contributed by atoms with van der Waals surface area (Å²) < 4.78 is 16.7. The van der Waals surface area contributed by atoms with Crippen LogP contribution in [-0.2, 0) is 23.8 Å². The zero-order valence-electron chi connectivity index (χ0n) is 46.4. The lowest BCUT2D eigenvalue weighted by atomic mass is 9.99. The van der Waals surface area contributed by atoms with E-state index in [4.69, 9.17) is 14.2 Å². The molecule has 0 aromatic rings. The number of esters is 1. The number of carbonyl (C=O) groups excluding carboxylic acids is 2. The normalized spacial score (nSPS) is 19.2. The molecule has 7 unspecified atom stereocenters. The van der Waals surface area contributed by atoms with E-state index >= 15 is 0 Å². The fraction of sp³-hybridized carbons (Fsp3) is 0.869. The van der Waals surface area contributed by atoms with Gasteiger partial charge in [-0.15, -0.1) is 0 Å². The average molecular weight is 1020 g/mol. The molecule has 1 heterocycles. The molecule has 0 bridgehead atoms. The van der Waals surface area contributed by atoms with E-state index in [1.165, 1.54) is 180 Å². The van der Waals surface area contributed by atoms with Crippen LogP contribution < -0.4 is 5.32 Å². The minimum atomic E-state index is -1.58. The fourth-order valence-corrected chi connectivity index (χ4v) is 9.39. The molecule has 1 amide bonds. The van der Waals surface area contributed by atoms with Gasteiger partial charge in [0.05, 0.1) is 32.0 Å². The van der Waals surface area contributed by atoms with Gasteiger partial charge in [0.25, 0.3) is 0 Å². The molecule has 0 saturated carbocycles. The van der Waals surface area contributed by atoms with Crippen LogP contribution in [0.15, 0.2) is 36.5 Å². The molecule has 1 aliphatic rings. The van der Waals surface area contributed by atoms with Gasteiger partial charge in [0.2, 0.25) is 5.91 Å². The van der Waals surface area contributed by atoms with Crippen molar-refractivity contribution in [2.45, 2.75) is 320 Å². The molecule has 0 aromatic heterocycles. The van der Waals surface area contributed by atoms with Crippen molar-refractivity contribution in [3.8, 4) is 0 Å². The van der Waals surface area contributed by atoms with Crippen molar-refractivity contribution >= 4 is 11.9 Å². The lowest BCUT2D eigenvalue weighted by Gasteiger charge is -2.40. The third-order valence-corrected chi connectivity index (χ3v) is 14.2. The van der Waals surface area contributed by atoms with Crippen LogP contribution in [0, 0.1) is 0 Å². The molecule has 0 aliphatic carbocycles. The Labute approximate surface area is 441 Å². The van der Waals surface area contributed by atoms with Crippen molar-refractivity contribution in [2.75, 3.05) is 19.8 Å². The number of hydrogen-bond donors (Lipinski definition) is 6. The van der Waals surface area contributed by atoms with Crippen LogP contribution >= 0.6 is 0 Å². The smallest absolute Gasteiger partial charge is 0.305 e. The van der Waals surface area contributed by atoms with Gasteiger partial charge >= 0.3 is 5.97 Å². The second-order valence-corrected chi connectivity index (χ2v) is 21.0. The van der Waals surface area contributed by atoms with E-state index in [0.29, 0.717) is 19.4 Å². The van der Waals surface area contributed by atoms with E-state index in [0.717, 1.165) is 70.6 Å². The number of allylic oxidation sites excluding steroid dienone is 5. The first-order valence-corrected chi connectivity index (χ1v) is 30.3. The molecule has 1 fully saturated rings. The Bertz CT molecular complexity index is 1290. The van der Waals surface area contributed by atoms with Crippen molar-refractivity contribution in [3.63, 3.8) is 0 Å². The first-order chi connectivity index (χ1) is 35.2. The standard InChI is InChI=1S/C61H113NO10/c1-3-5-7-9-11-13-15-28-31-35-39-43-47-54(64)53(52-71-61-60(69)59(68)58(67)55(51-63)72-61)62-56(65)48-44-40-36-32-29-25-23-21-19-17-16-18-20-22-24-26-30-34-38-42-46-50-70-57(66)49-45-41-37-33-27-14-12-10-8-6-4-2/h9,11,28,31,43,47,53-55,58-61,63-64,67-69H,3-8,10,12-27,29-30,32-42,44-46,48-52H2,1-2H3,(H,62,65)/b11-9+,31-28+,47-43+. The number of hydrogen-bond acceptors (Lipinski definition) is 10. The number of aliphatic hydroxyl groups excluding tert-OH is 5. The summed E-state index contributed by atoms with van der Waals surface area (Å²) in [5.41, 5.74) is 0. The summed E-state index contributed by atoms with van der Waals surface area (Å²) in [5.74, 6) is -0.201. The average Bonchev–Trinajstić information content (AvgIpc) is 3.38. The van der Waals surface area contributed by atoms with Crippen molar-refractivity contribution in [1.82, 2.24) is 5.32 Å². The molecule has 0 radical (unpaired) electrons. The topological polar surface area (TPSA) is 175 Å². The maximum absolute atomic E-state index is 13.0. The molecule has 72 heavy (non-hydrogen) atoms. The predicted octanol–water partition coefficient (Wildman–Crippen LogP) is 13.9. The lowest BCUT2D eigenvalue weighted by molar-refractivity contribution is -0.302. The molecule has 1 saturated heterocycles. The minimum Gasteiger partial charge on any atom is -0.466 e. The quantitative estimate of drug-likeness (QED) is 0.0195. The molecule has 422 valence electrons. The van der Waals surface area contributed by atoms with E-state index in [9.17, 15) is 35.1 Å². The number of aliphatic hydroxyl groups is 5. The van der Waals surface area contributed by atoms with Crippen LogP contribution in [0.2, 0.25) is 0 Å². The Kier molecular flexibility index (Phi) is 48.1. The summed E-state index contributed by atoms with van der Waals surface area (Å²) in [6.45, 7) is 4.27. The van der Waals surface area contributed by atoms with Gasteiger partial charge in [0.15, 0.2) is 6.29 Å². The first-order valence-electron chi connectivity index (χ1n) is 30.3. The van der Waals surface area contributed by atoms with Crippen LogP contribution in [0.25, 0.3) is 0 Å². The van der Waals surface area contributed by atoms with Crippen LogP contribution in [0.3, 0.4) is 0 Å². The van der Waals surface area contributed by atoms with Gasteiger partial charge in [-0.2, -0.15) is 0 Å². The number of carbonyl (C=O) groups is 2. The van der Waals surface area contributed by atoms with Crippen molar-refractivity contribution in [2.24, 2.45) is 0 Å².